The fourth-order valence-corrected chi connectivity index (χ4v) is 2.55. The number of nitro groups is 1. The molecule has 2 rings (SSSR count). The number of rotatable bonds is 6. The molecule has 1 heterocycles. The zero-order valence-corrected chi connectivity index (χ0v) is 13.6. The molecule has 0 fully saturated rings. The lowest BCUT2D eigenvalue weighted by Gasteiger charge is -2.07. The van der Waals surface area contributed by atoms with E-state index in [4.69, 9.17) is 11.6 Å². The number of hydrogen-bond donors (Lipinski definition) is 1. The van der Waals surface area contributed by atoms with E-state index in [1.54, 1.807) is 19.9 Å². The van der Waals surface area contributed by atoms with Gasteiger partial charge < -0.3 is 5.32 Å². The third kappa shape index (κ3) is 4.29. The maximum atomic E-state index is 11.9. The van der Waals surface area contributed by atoms with Crippen LogP contribution in [0.25, 0.3) is 0 Å². The summed E-state index contributed by atoms with van der Waals surface area (Å²) in [6.45, 7) is 3.55. The van der Waals surface area contributed by atoms with Crippen LogP contribution in [-0.4, -0.2) is 27.2 Å². The Balaban J connectivity index is 1.90. The number of aryl methyl sites for hydroxylation is 1. The van der Waals surface area contributed by atoms with Gasteiger partial charge in [0.1, 0.15) is 17.9 Å². The van der Waals surface area contributed by atoms with Crippen molar-refractivity contribution in [3.63, 3.8) is 0 Å². The van der Waals surface area contributed by atoms with E-state index in [9.17, 15) is 14.9 Å². The van der Waals surface area contributed by atoms with Crippen LogP contribution in [0.1, 0.15) is 17.0 Å². The highest BCUT2D eigenvalue weighted by Gasteiger charge is 2.22. The van der Waals surface area contributed by atoms with E-state index < -0.39 is 4.92 Å². The Hall–Kier alpha value is -2.41. The van der Waals surface area contributed by atoms with Crippen molar-refractivity contribution >= 4 is 23.2 Å². The van der Waals surface area contributed by atoms with E-state index in [1.807, 2.05) is 18.2 Å². The Morgan fingerprint density at radius 2 is 2.17 bits per heavy atom. The molecule has 0 bridgehead atoms. The lowest BCUT2D eigenvalue weighted by atomic mass is 10.1. The number of carbonyl (C=O) groups is 1. The van der Waals surface area contributed by atoms with E-state index in [2.05, 4.69) is 10.4 Å². The molecule has 0 atom stereocenters. The molecule has 7 nitrogen and oxygen atoms in total. The summed E-state index contributed by atoms with van der Waals surface area (Å²) in [7, 11) is 0. The average molecular weight is 337 g/mol. The lowest BCUT2D eigenvalue weighted by molar-refractivity contribution is -0.386. The van der Waals surface area contributed by atoms with Crippen molar-refractivity contribution < 1.29 is 9.72 Å². The highest BCUT2D eigenvalue weighted by Crippen LogP contribution is 2.21. The number of carbonyl (C=O) groups excluding carboxylic acids is 1. The summed E-state index contributed by atoms with van der Waals surface area (Å²) in [6.07, 6.45) is 0.656. The molecule has 0 saturated carbocycles. The Bertz CT molecular complexity index is 742. The zero-order valence-electron chi connectivity index (χ0n) is 12.9. The fraction of sp³-hybridized carbons (Fsp3) is 0.333. The molecule has 1 aromatic heterocycles. The molecule has 0 saturated heterocycles. The molecule has 1 amide bonds. The van der Waals surface area contributed by atoms with E-state index >= 15 is 0 Å². The Kier molecular flexibility index (Phi) is 5.33. The normalized spacial score (nSPS) is 10.6. The molecule has 0 aliphatic rings. The van der Waals surface area contributed by atoms with Gasteiger partial charge in [0.25, 0.3) is 0 Å². The van der Waals surface area contributed by atoms with E-state index in [0.717, 1.165) is 5.56 Å². The number of nitrogens with one attached hydrogen (secondary N) is 1. The molecule has 0 aliphatic heterocycles. The molecular weight excluding hydrogens is 320 g/mol. The predicted molar refractivity (Wildman–Crippen MR) is 86.5 cm³/mol. The number of hydrogen-bond acceptors (Lipinski definition) is 4. The first-order chi connectivity index (χ1) is 10.9. The van der Waals surface area contributed by atoms with Crippen LogP contribution >= 0.6 is 11.6 Å². The predicted octanol–water partition coefficient (Wildman–Crippen LogP) is 2.42. The van der Waals surface area contributed by atoms with Crippen molar-refractivity contribution in [1.29, 1.82) is 0 Å². The Morgan fingerprint density at radius 1 is 1.43 bits per heavy atom. The van der Waals surface area contributed by atoms with Crippen LogP contribution in [0.5, 0.6) is 0 Å². The van der Waals surface area contributed by atoms with Crippen molar-refractivity contribution in [2.24, 2.45) is 0 Å². The van der Waals surface area contributed by atoms with Gasteiger partial charge in [-0.05, 0) is 38.0 Å². The minimum atomic E-state index is -0.481. The highest BCUT2D eigenvalue weighted by molar-refractivity contribution is 6.30. The molecule has 0 spiro atoms. The summed E-state index contributed by atoms with van der Waals surface area (Å²) >= 11 is 5.90. The van der Waals surface area contributed by atoms with Gasteiger partial charge in [0.2, 0.25) is 5.91 Å². The monoisotopic (exact) mass is 336 g/mol. The molecule has 8 heteroatoms. The minimum absolute atomic E-state index is 0.0447. The summed E-state index contributed by atoms with van der Waals surface area (Å²) in [5.41, 5.74) is 1.66. The SMILES string of the molecule is Cc1nn(CC(=O)NCCc2cccc(Cl)c2)c(C)c1[N+](=O)[O-]. The van der Waals surface area contributed by atoms with Crippen LogP contribution in [-0.2, 0) is 17.8 Å². The molecule has 2 aromatic rings. The van der Waals surface area contributed by atoms with Crippen molar-refractivity contribution in [2.45, 2.75) is 26.8 Å². The molecule has 1 aromatic carbocycles. The first-order valence-corrected chi connectivity index (χ1v) is 7.46. The standard InChI is InChI=1S/C15H17ClN4O3/c1-10-15(20(22)23)11(2)19(18-10)9-14(21)17-7-6-12-4-3-5-13(16)8-12/h3-5,8H,6-7,9H2,1-2H3,(H,17,21). The molecule has 1 N–H and O–H groups in total. The van der Waals surface area contributed by atoms with Gasteiger partial charge in [-0.15, -0.1) is 0 Å². The third-order valence-electron chi connectivity index (χ3n) is 3.44. The van der Waals surface area contributed by atoms with Gasteiger partial charge in [-0.25, -0.2) is 0 Å². The van der Waals surface area contributed by atoms with Gasteiger partial charge in [-0.3, -0.25) is 19.6 Å². The van der Waals surface area contributed by atoms with Gasteiger partial charge in [0, 0.05) is 11.6 Å². The molecular formula is C15H17ClN4O3. The minimum Gasteiger partial charge on any atom is -0.354 e. The number of benzene rings is 1. The smallest absolute Gasteiger partial charge is 0.312 e. The van der Waals surface area contributed by atoms with Crippen molar-refractivity contribution in [3.8, 4) is 0 Å². The van der Waals surface area contributed by atoms with Crippen LogP contribution in [0, 0.1) is 24.0 Å². The number of amides is 1. The van der Waals surface area contributed by atoms with Gasteiger partial charge in [-0.2, -0.15) is 5.10 Å². The maximum Gasteiger partial charge on any atom is 0.312 e. The van der Waals surface area contributed by atoms with Crippen molar-refractivity contribution in [2.75, 3.05) is 6.54 Å². The second kappa shape index (κ2) is 7.23. The average Bonchev–Trinajstić information content (AvgIpc) is 2.73. The highest BCUT2D eigenvalue weighted by atomic mass is 35.5. The van der Waals surface area contributed by atoms with E-state index in [1.165, 1.54) is 4.68 Å². The van der Waals surface area contributed by atoms with Crippen molar-refractivity contribution in [3.05, 3.63) is 56.4 Å². The number of halogens is 1. The van der Waals surface area contributed by atoms with E-state index in [-0.39, 0.29) is 18.1 Å². The van der Waals surface area contributed by atoms with Crippen LogP contribution in [0.4, 0.5) is 5.69 Å². The molecule has 0 aliphatic carbocycles. The number of nitrogens with zero attached hydrogens (tertiary/aromatic N) is 3. The first-order valence-electron chi connectivity index (χ1n) is 7.08. The van der Waals surface area contributed by atoms with Crippen LogP contribution in [0.15, 0.2) is 24.3 Å². The topological polar surface area (TPSA) is 90.1 Å². The summed E-state index contributed by atoms with van der Waals surface area (Å²) in [6, 6.07) is 7.42. The lowest BCUT2D eigenvalue weighted by Crippen LogP contribution is -2.30. The Morgan fingerprint density at radius 3 is 2.78 bits per heavy atom. The molecule has 0 radical (unpaired) electrons. The molecule has 122 valence electrons. The fourth-order valence-electron chi connectivity index (χ4n) is 2.34. The summed E-state index contributed by atoms with van der Waals surface area (Å²) in [5, 5.41) is 18.4. The Labute approximate surface area is 138 Å². The largest absolute Gasteiger partial charge is 0.354 e. The zero-order chi connectivity index (χ0) is 17.0. The number of aromatic nitrogens is 2. The first kappa shape index (κ1) is 17.0. The summed E-state index contributed by atoms with van der Waals surface area (Å²) in [4.78, 5) is 22.4. The summed E-state index contributed by atoms with van der Waals surface area (Å²) in [5.74, 6) is -0.243. The van der Waals surface area contributed by atoms with Gasteiger partial charge in [0.05, 0.1) is 4.92 Å². The second-order valence-electron chi connectivity index (χ2n) is 5.16. The van der Waals surface area contributed by atoms with Crippen LogP contribution in [0.2, 0.25) is 5.02 Å². The van der Waals surface area contributed by atoms with Gasteiger partial charge in [-0.1, -0.05) is 23.7 Å². The van der Waals surface area contributed by atoms with Crippen LogP contribution in [0.3, 0.4) is 0 Å². The maximum absolute atomic E-state index is 11.9. The third-order valence-corrected chi connectivity index (χ3v) is 3.68. The van der Waals surface area contributed by atoms with E-state index in [0.29, 0.717) is 29.4 Å². The van der Waals surface area contributed by atoms with Gasteiger partial charge in [0.15, 0.2) is 0 Å². The molecule has 23 heavy (non-hydrogen) atoms. The molecule has 0 unspecified atom stereocenters. The van der Waals surface area contributed by atoms with Crippen LogP contribution < -0.4 is 5.32 Å². The van der Waals surface area contributed by atoms with Gasteiger partial charge >= 0.3 is 5.69 Å². The van der Waals surface area contributed by atoms with Crippen molar-refractivity contribution in [1.82, 2.24) is 15.1 Å². The quantitative estimate of drug-likeness (QED) is 0.648. The second-order valence-corrected chi connectivity index (χ2v) is 5.60. The summed E-state index contributed by atoms with van der Waals surface area (Å²) < 4.78 is 1.35.